The van der Waals surface area contributed by atoms with Crippen LogP contribution in [0.25, 0.3) is 17.0 Å². The minimum Gasteiger partial charge on any atom is -0.507 e. The molecule has 0 saturated carbocycles. The van der Waals surface area contributed by atoms with E-state index < -0.39 is 24.0 Å². The average Bonchev–Trinajstić information content (AvgIpc) is 2.93. The Morgan fingerprint density at radius 3 is 2.68 bits per heavy atom. The van der Waals surface area contributed by atoms with Crippen LogP contribution in [0.3, 0.4) is 0 Å². The SMILES string of the molecule is C[C@@H]1CCCC(=O)CCCC=Cc2cc3c(c(O)c2C(=O)O1)[C@@H](c1cc2cccc4c2n(c1=O)CCC4)CC(=O)O3. The number of benzene rings is 2. The summed E-state index contributed by atoms with van der Waals surface area (Å²) in [5.41, 5.74) is 2.77. The van der Waals surface area contributed by atoms with Crippen molar-refractivity contribution < 1.29 is 29.0 Å². The van der Waals surface area contributed by atoms with Gasteiger partial charge in [0.05, 0.1) is 18.0 Å². The number of aryl methyl sites for hydroxylation is 2. The Balaban J connectivity index is 1.50. The van der Waals surface area contributed by atoms with Gasteiger partial charge in [-0.05, 0) is 74.1 Å². The summed E-state index contributed by atoms with van der Waals surface area (Å²) < 4.78 is 13.1. The van der Waals surface area contributed by atoms with E-state index in [4.69, 9.17) is 9.47 Å². The van der Waals surface area contributed by atoms with E-state index in [0.29, 0.717) is 56.2 Å². The van der Waals surface area contributed by atoms with Gasteiger partial charge in [0, 0.05) is 36.4 Å². The average molecular weight is 556 g/mol. The first-order chi connectivity index (χ1) is 19.8. The molecular weight excluding hydrogens is 522 g/mol. The van der Waals surface area contributed by atoms with E-state index in [2.05, 4.69) is 0 Å². The molecule has 41 heavy (non-hydrogen) atoms. The smallest absolute Gasteiger partial charge is 0.342 e. The fraction of sp³-hybridized carbons (Fsp3) is 0.394. The third-order valence-corrected chi connectivity index (χ3v) is 8.41. The monoisotopic (exact) mass is 555 g/mol. The van der Waals surface area contributed by atoms with Crippen LogP contribution < -0.4 is 10.3 Å². The Morgan fingerprint density at radius 2 is 1.83 bits per heavy atom. The molecule has 0 spiro atoms. The lowest BCUT2D eigenvalue weighted by Crippen LogP contribution is -2.32. The predicted octanol–water partition coefficient (Wildman–Crippen LogP) is 5.58. The summed E-state index contributed by atoms with van der Waals surface area (Å²) in [6.07, 6.45) is 7.97. The molecular formula is C33H33NO7. The van der Waals surface area contributed by atoms with E-state index in [1.165, 1.54) is 0 Å². The molecule has 0 saturated heterocycles. The number of fused-ring (bicyclic) bond motifs is 2. The fourth-order valence-electron chi connectivity index (χ4n) is 6.42. The molecule has 3 aliphatic heterocycles. The number of aromatic nitrogens is 1. The molecule has 1 aromatic heterocycles. The number of ketones is 1. The van der Waals surface area contributed by atoms with E-state index in [1.807, 2.05) is 30.3 Å². The number of carbonyl (C=O) groups is 3. The van der Waals surface area contributed by atoms with Crippen LogP contribution in [0.4, 0.5) is 0 Å². The molecule has 0 amide bonds. The summed E-state index contributed by atoms with van der Waals surface area (Å²) in [7, 11) is 0. The van der Waals surface area contributed by atoms with Gasteiger partial charge in [-0.15, -0.1) is 0 Å². The Kier molecular flexibility index (Phi) is 7.24. The molecule has 1 N–H and O–H groups in total. The molecule has 0 unspecified atom stereocenters. The summed E-state index contributed by atoms with van der Waals surface area (Å²) >= 11 is 0. The lowest BCUT2D eigenvalue weighted by atomic mass is 9.83. The van der Waals surface area contributed by atoms with Gasteiger partial charge in [0.25, 0.3) is 5.56 Å². The number of phenols is 1. The predicted molar refractivity (Wildman–Crippen MR) is 153 cm³/mol. The quantitative estimate of drug-likeness (QED) is 0.308. The van der Waals surface area contributed by atoms with Gasteiger partial charge in [-0.3, -0.25) is 14.4 Å². The third kappa shape index (κ3) is 5.07. The number of rotatable bonds is 1. The summed E-state index contributed by atoms with van der Waals surface area (Å²) in [5, 5.41) is 12.6. The van der Waals surface area contributed by atoms with Gasteiger partial charge >= 0.3 is 11.9 Å². The molecule has 212 valence electrons. The summed E-state index contributed by atoms with van der Waals surface area (Å²) in [6, 6.07) is 9.32. The molecule has 8 heteroatoms. The maximum absolute atomic E-state index is 13.9. The minimum absolute atomic E-state index is 0.0209. The van der Waals surface area contributed by atoms with Gasteiger partial charge in [0.1, 0.15) is 22.8 Å². The van der Waals surface area contributed by atoms with Crippen molar-refractivity contribution in [2.45, 2.75) is 83.3 Å². The number of para-hydroxylation sites is 1. The third-order valence-electron chi connectivity index (χ3n) is 8.41. The normalized spacial score (nSPS) is 21.4. The maximum Gasteiger partial charge on any atom is 0.342 e. The van der Waals surface area contributed by atoms with Crippen LogP contribution in [0, 0.1) is 0 Å². The molecule has 0 fully saturated rings. The van der Waals surface area contributed by atoms with Crippen molar-refractivity contribution in [1.82, 2.24) is 4.57 Å². The van der Waals surface area contributed by atoms with Crippen molar-refractivity contribution in [2.75, 3.05) is 0 Å². The summed E-state index contributed by atoms with van der Waals surface area (Å²) in [4.78, 5) is 52.3. The maximum atomic E-state index is 13.9. The Morgan fingerprint density at radius 1 is 1.00 bits per heavy atom. The highest BCUT2D eigenvalue weighted by atomic mass is 16.5. The number of Topliss-reactive ketones (excluding diaryl/α,β-unsaturated/α-hetero) is 1. The van der Waals surface area contributed by atoms with Gasteiger partial charge in [-0.2, -0.15) is 0 Å². The lowest BCUT2D eigenvalue weighted by molar-refractivity contribution is -0.135. The Bertz CT molecular complexity index is 1660. The van der Waals surface area contributed by atoms with Crippen molar-refractivity contribution in [1.29, 1.82) is 0 Å². The van der Waals surface area contributed by atoms with Gasteiger partial charge in [-0.1, -0.05) is 30.4 Å². The molecule has 0 radical (unpaired) electrons. The molecule has 0 aliphatic carbocycles. The molecule has 0 bridgehead atoms. The number of esters is 2. The topological polar surface area (TPSA) is 112 Å². The van der Waals surface area contributed by atoms with Crippen LogP contribution in [0.1, 0.15) is 96.8 Å². The first-order valence-electron chi connectivity index (χ1n) is 14.5. The number of hydrogen-bond acceptors (Lipinski definition) is 7. The van der Waals surface area contributed by atoms with E-state index in [-0.39, 0.29) is 40.4 Å². The number of phenolic OH excluding ortho intramolecular Hbond substituents is 1. The molecule has 2 atom stereocenters. The second kappa shape index (κ2) is 11.0. The molecule has 4 heterocycles. The Hall–Kier alpha value is -4.20. The first-order valence-corrected chi connectivity index (χ1v) is 14.5. The van der Waals surface area contributed by atoms with Gasteiger partial charge in [-0.25, -0.2) is 4.79 Å². The van der Waals surface area contributed by atoms with E-state index in [0.717, 1.165) is 29.3 Å². The van der Waals surface area contributed by atoms with Crippen LogP contribution in [-0.4, -0.2) is 33.5 Å². The fourth-order valence-corrected chi connectivity index (χ4v) is 6.42. The number of nitrogens with zero attached hydrogens (tertiary/aromatic N) is 1. The minimum atomic E-state index is -0.795. The van der Waals surface area contributed by atoms with E-state index in [9.17, 15) is 24.3 Å². The van der Waals surface area contributed by atoms with Crippen LogP contribution in [0.2, 0.25) is 0 Å². The lowest BCUT2D eigenvalue weighted by Gasteiger charge is -2.28. The molecule has 8 nitrogen and oxygen atoms in total. The second-order valence-corrected chi connectivity index (χ2v) is 11.3. The Labute approximate surface area is 237 Å². The van der Waals surface area contributed by atoms with Crippen molar-refractivity contribution in [3.63, 3.8) is 0 Å². The highest BCUT2D eigenvalue weighted by molar-refractivity contribution is 5.99. The number of ether oxygens (including phenoxy) is 2. The van der Waals surface area contributed by atoms with Crippen LogP contribution in [0.5, 0.6) is 11.5 Å². The zero-order valence-electron chi connectivity index (χ0n) is 23.1. The number of pyridine rings is 1. The molecule has 3 aromatic rings. The van der Waals surface area contributed by atoms with Gasteiger partial charge < -0.3 is 19.1 Å². The number of cyclic esters (lactones) is 1. The van der Waals surface area contributed by atoms with Crippen molar-refractivity contribution in [3.05, 3.63) is 74.6 Å². The zero-order valence-corrected chi connectivity index (χ0v) is 23.1. The first kappa shape index (κ1) is 27.0. The highest BCUT2D eigenvalue weighted by Crippen LogP contribution is 2.47. The van der Waals surface area contributed by atoms with Crippen LogP contribution >= 0.6 is 0 Å². The molecule has 6 rings (SSSR count). The summed E-state index contributed by atoms with van der Waals surface area (Å²) in [5.74, 6) is -2.05. The van der Waals surface area contributed by atoms with Crippen LogP contribution in [0.15, 0.2) is 41.2 Å². The molecule has 3 aliphatic rings. The van der Waals surface area contributed by atoms with Crippen molar-refractivity contribution in [3.8, 4) is 11.5 Å². The number of allylic oxidation sites excluding steroid dienone is 1. The van der Waals surface area contributed by atoms with Crippen molar-refractivity contribution >= 4 is 34.7 Å². The zero-order chi connectivity index (χ0) is 28.7. The number of aromatic hydroxyl groups is 1. The van der Waals surface area contributed by atoms with E-state index in [1.54, 1.807) is 23.6 Å². The van der Waals surface area contributed by atoms with Gasteiger partial charge in [0.2, 0.25) is 0 Å². The largest absolute Gasteiger partial charge is 0.507 e. The van der Waals surface area contributed by atoms with Crippen LogP contribution in [-0.2, 0) is 27.3 Å². The second-order valence-electron chi connectivity index (χ2n) is 11.3. The standard InChI is InChI=1S/C33H33NO7/c1-19-8-5-14-23(35)13-4-2-3-9-21-17-26-29(31(37)28(21)33(39)40-19)24(18-27(36)41-26)25-16-22-11-6-10-20-12-7-15-34(30(20)22)32(25)38/h3,6,9-11,16-17,19,24,37H,2,4-5,7-8,12-15,18H2,1H3/t19-,24-/m1/s1. The highest BCUT2D eigenvalue weighted by Gasteiger charge is 2.37. The van der Waals surface area contributed by atoms with Gasteiger partial charge in [0.15, 0.2) is 0 Å². The number of carbonyl (C=O) groups excluding carboxylic acids is 3. The summed E-state index contributed by atoms with van der Waals surface area (Å²) in [6.45, 7) is 2.33. The van der Waals surface area contributed by atoms with Crippen molar-refractivity contribution in [2.24, 2.45) is 0 Å². The number of hydrogen-bond donors (Lipinski definition) is 1. The molecule has 2 aromatic carbocycles. The van der Waals surface area contributed by atoms with E-state index >= 15 is 0 Å².